The number of ether oxygens (including phenoxy) is 1. The molecule has 0 heterocycles. The summed E-state index contributed by atoms with van der Waals surface area (Å²) in [6.07, 6.45) is 4.88. The number of phenolic OH excluding ortho intramolecular Hbond substituents is 1. The van der Waals surface area contributed by atoms with Gasteiger partial charge in [-0.15, -0.1) is 0 Å². The highest BCUT2D eigenvalue weighted by atomic mass is 16.5. The summed E-state index contributed by atoms with van der Waals surface area (Å²) in [6.45, 7) is 7.05. The second kappa shape index (κ2) is 7.21. The van der Waals surface area contributed by atoms with Crippen LogP contribution in [0.1, 0.15) is 45.1 Å². The Bertz CT molecular complexity index is 334. The first-order valence-corrected chi connectivity index (χ1v) is 6.59. The first-order valence-electron chi connectivity index (χ1n) is 6.59. The Balaban J connectivity index is 2.45. The van der Waals surface area contributed by atoms with E-state index in [0.717, 1.165) is 24.3 Å². The van der Waals surface area contributed by atoms with E-state index < -0.39 is 0 Å². The average molecular weight is 236 g/mol. The van der Waals surface area contributed by atoms with Crippen molar-refractivity contribution in [1.82, 2.24) is 0 Å². The Labute approximate surface area is 105 Å². The number of hydrogen-bond acceptors (Lipinski definition) is 2. The molecule has 1 rings (SSSR count). The third-order valence-electron chi connectivity index (χ3n) is 3.21. The van der Waals surface area contributed by atoms with Crippen LogP contribution in [0.2, 0.25) is 0 Å². The van der Waals surface area contributed by atoms with E-state index in [-0.39, 0.29) is 0 Å². The lowest BCUT2D eigenvalue weighted by Crippen LogP contribution is -2.11. The minimum atomic E-state index is 0.309. The summed E-state index contributed by atoms with van der Waals surface area (Å²) in [5, 5.41) is 9.58. The van der Waals surface area contributed by atoms with Crippen molar-refractivity contribution < 1.29 is 9.84 Å². The molecule has 0 bridgehead atoms. The van der Waals surface area contributed by atoms with Gasteiger partial charge >= 0.3 is 0 Å². The minimum absolute atomic E-state index is 0.309. The van der Waals surface area contributed by atoms with E-state index >= 15 is 0 Å². The van der Waals surface area contributed by atoms with E-state index in [1.165, 1.54) is 19.3 Å². The number of benzene rings is 1. The molecule has 0 fully saturated rings. The van der Waals surface area contributed by atoms with E-state index in [4.69, 9.17) is 4.74 Å². The Morgan fingerprint density at radius 2 is 2.06 bits per heavy atom. The van der Waals surface area contributed by atoms with Gasteiger partial charge in [0.2, 0.25) is 0 Å². The van der Waals surface area contributed by atoms with E-state index in [0.29, 0.717) is 11.7 Å². The number of aryl methyl sites for hydroxylation is 1. The van der Waals surface area contributed by atoms with Crippen LogP contribution in [0, 0.1) is 12.8 Å². The highest BCUT2D eigenvalue weighted by molar-refractivity contribution is 5.38. The maximum Gasteiger partial charge on any atom is 0.123 e. The molecule has 2 nitrogen and oxygen atoms in total. The summed E-state index contributed by atoms with van der Waals surface area (Å²) >= 11 is 0. The third-order valence-corrected chi connectivity index (χ3v) is 3.21. The van der Waals surface area contributed by atoms with Gasteiger partial charge in [-0.05, 0) is 30.9 Å². The lowest BCUT2D eigenvalue weighted by Gasteiger charge is -2.15. The topological polar surface area (TPSA) is 29.5 Å². The molecule has 2 heteroatoms. The van der Waals surface area contributed by atoms with Crippen molar-refractivity contribution in [3.8, 4) is 11.5 Å². The van der Waals surface area contributed by atoms with Gasteiger partial charge in [0.25, 0.3) is 0 Å². The number of unbranched alkanes of at least 4 members (excludes halogenated alkanes) is 1. The molecule has 0 radical (unpaired) electrons. The van der Waals surface area contributed by atoms with Crippen LogP contribution in [0.15, 0.2) is 18.2 Å². The molecule has 17 heavy (non-hydrogen) atoms. The van der Waals surface area contributed by atoms with Crippen molar-refractivity contribution in [3.05, 3.63) is 23.8 Å². The number of hydrogen-bond donors (Lipinski definition) is 1. The monoisotopic (exact) mass is 236 g/mol. The van der Waals surface area contributed by atoms with Crippen LogP contribution in [0.3, 0.4) is 0 Å². The van der Waals surface area contributed by atoms with Gasteiger partial charge in [0, 0.05) is 6.07 Å². The molecule has 0 aliphatic carbocycles. The molecule has 1 unspecified atom stereocenters. The predicted molar refractivity (Wildman–Crippen MR) is 71.6 cm³/mol. The molecule has 0 aliphatic heterocycles. The standard InChI is InChI=1S/C15H24O2/c1-4-6-7-13(5-2)11-17-14-9-8-12(3)15(16)10-14/h8-10,13,16H,4-7,11H2,1-3H3. The highest BCUT2D eigenvalue weighted by Crippen LogP contribution is 2.23. The smallest absolute Gasteiger partial charge is 0.123 e. The summed E-state index contributed by atoms with van der Waals surface area (Å²) in [4.78, 5) is 0. The molecule has 0 aliphatic rings. The lowest BCUT2D eigenvalue weighted by molar-refractivity contribution is 0.232. The largest absolute Gasteiger partial charge is 0.508 e. The zero-order valence-electron chi connectivity index (χ0n) is 11.2. The zero-order chi connectivity index (χ0) is 12.7. The highest BCUT2D eigenvalue weighted by Gasteiger charge is 2.07. The summed E-state index contributed by atoms with van der Waals surface area (Å²) in [5.41, 5.74) is 0.885. The summed E-state index contributed by atoms with van der Waals surface area (Å²) < 4.78 is 5.73. The van der Waals surface area contributed by atoms with Gasteiger partial charge in [0.15, 0.2) is 0 Å². The SMILES string of the molecule is CCCCC(CC)COc1ccc(C)c(O)c1. The van der Waals surface area contributed by atoms with Gasteiger partial charge < -0.3 is 9.84 Å². The second-order valence-corrected chi connectivity index (χ2v) is 4.68. The Morgan fingerprint density at radius 1 is 1.29 bits per heavy atom. The Kier molecular flexibility index (Phi) is 5.88. The van der Waals surface area contributed by atoms with Gasteiger partial charge in [0.05, 0.1) is 6.61 Å². The van der Waals surface area contributed by atoms with Gasteiger partial charge in [-0.3, -0.25) is 0 Å². The van der Waals surface area contributed by atoms with Gasteiger partial charge in [-0.1, -0.05) is 39.2 Å². The van der Waals surface area contributed by atoms with E-state index in [9.17, 15) is 5.11 Å². The van der Waals surface area contributed by atoms with Gasteiger partial charge in [-0.25, -0.2) is 0 Å². The van der Waals surface area contributed by atoms with E-state index in [2.05, 4.69) is 13.8 Å². The molecule has 0 amide bonds. The van der Waals surface area contributed by atoms with Gasteiger partial charge in [-0.2, -0.15) is 0 Å². The van der Waals surface area contributed by atoms with Crippen molar-refractivity contribution in [1.29, 1.82) is 0 Å². The van der Waals surface area contributed by atoms with Crippen LogP contribution < -0.4 is 4.74 Å². The third kappa shape index (κ3) is 4.68. The van der Waals surface area contributed by atoms with Crippen molar-refractivity contribution in [2.24, 2.45) is 5.92 Å². The molecule has 1 atom stereocenters. The first-order chi connectivity index (χ1) is 8.17. The summed E-state index contributed by atoms with van der Waals surface area (Å²) in [6, 6.07) is 5.50. The summed E-state index contributed by atoms with van der Waals surface area (Å²) in [7, 11) is 0. The molecule has 0 saturated carbocycles. The minimum Gasteiger partial charge on any atom is -0.508 e. The fraction of sp³-hybridized carbons (Fsp3) is 0.600. The number of phenols is 1. The van der Waals surface area contributed by atoms with Crippen molar-refractivity contribution in [2.75, 3.05) is 6.61 Å². The average Bonchev–Trinajstić information content (AvgIpc) is 2.34. The molecular weight excluding hydrogens is 212 g/mol. The predicted octanol–water partition coefficient (Wildman–Crippen LogP) is 4.30. The Hall–Kier alpha value is -1.18. The molecule has 1 N–H and O–H groups in total. The molecule has 96 valence electrons. The van der Waals surface area contributed by atoms with Crippen LogP contribution in [0.5, 0.6) is 11.5 Å². The normalized spacial score (nSPS) is 12.4. The van der Waals surface area contributed by atoms with Crippen LogP contribution in [-0.2, 0) is 0 Å². The fourth-order valence-corrected chi connectivity index (χ4v) is 1.79. The van der Waals surface area contributed by atoms with E-state index in [1.54, 1.807) is 6.07 Å². The lowest BCUT2D eigenvalue weighted by atomic mass is 10.0. The first kappa shape index (κ1) is 13.9. The summed E-state index contributed by atoms with van der Waals surface area (Å²) in [5.74, 6) is 1.70. The van der Waals surface area contributed by atoms with Crippen LogP contribution >= 0.6 is 0 Å². The van der Waals surface area contributed by atoms with Gasteiger partial charge in [0.1, 0.15) is 11.5 Å². The number of aromatic hydroxyl groups is 1. The molecule has 0 aromatic heterocycles. The molecule has 0 spiro atoms. The zero-order valence-corrected chi connectivity index (χ0v) is 11.2. The molecule has 0 saturated heterocycles. The Morgan fingerprint density at radius 3 is 2.65 bits per heavy atom. The second-order valence-electron chi connectivity index (χ2n) is 4.68. The van der Waals surface area contributed by atoms with E-state index in [1.807, 2.05) is 19.1 Å². The quantitative estimate of drug-likeness (QED) is 0.765. The number of rotatable bonds is 7. The van der Waals surface area contributed by atoms with Crippen LogP contribution in [0.25, 0.3) is 0 Å². The maximum atomic E-state index is 9.58. The molecule has 1 aromatic carbocycles. The van der Waals surface area contributed by atoms with Crippen molar-refractivity contribution in [3.63, 3.8) is 0 Å². The van der Waals surface area contributed by atoms with Crippen LogP contribution in [0.4, 0.5) is 0 Å². The fourth-order valence-electron chi connectivity index (χ4n) is 1.79. The van der Waals surface area contributed by atoms with Crippen molar-refractivity contribution in [2.45, 2.75) is 46.5 Å². The van der Waals surface area contributed by atoms with Crippen molar-refractivity contribution >= 4 is 0 Å². The molecular formula is C15H24O2. The molecule has 1 aromatic rings. The maximum absolute atomic E-state index is 9.58. The van der Waals surface area contributed by atoms with Crippen LogP contribution in [-0.4, -0.2) is 11.7 Å².